The fourth-order valence-corrected chi connectivity index (χ4v) is 4.86. The molecule has 35 heavy (non-hydrogen) atoms. The number of aryl methyl sites for hydroxylation is 1. The third-order valence-corrected chi connectivity index (χ3v) is 6.72. The summed E-state index contributed by atoms with van der Waals surface area (Å²) in [5.41, 5.74) is 4.04. The molecule has 182 valence electrons. The summed E-state index contributed by atoms with van der Waals surface area (Å²) in [7, 11) is 0. The first-order valence-electron chi connectivity index (χ1n) is 12.5. The van der Waals surface area contributed by atoms with Crippen molar-refractivity contribution >= 4 is 11.7 Å². The number of rotatable bonds is 7. The van der Waals surface area contributed by atoms with Crippen LogP contribution in [-0.4, -0.2) is 34.2 Å². The molecule has 1 aromatic heterocycles. The maximum atomic E-state index is 13.2. The first-order valence-corrected chi connectivity index (χ1v) is 12.5. The highest BCUT2D eigenvalue weighted by atomic mass is 16.2. The molecule has 1 amide bonds. The molecule has 0 aliphatic carbocycles. The van der Waals surface area contributed by atoms with Crippen LogP contribution in [0.2, 0.25) is 0 Å². The number of benzene rings is 2. The van der Waals surface area contributed by atoms with E-state index in [0.717, 1.165) is 23.1 Å². The molecule has 2 heterocycles. The monoisotopic (exact) mass is 470 g/mol. The van der Waals surface area contributed by atoms with Gasteiger partial charge in [-0.15, -0.1) is 0 Å². The first kappa shape index (κ1) is 24.6. The van der Waals surface area contributed by atoms with Crippen LogP contribution in [0.5, 0.6) is 0 Å². The van der Waals surface area contributed by atoms with Gasteiger partial charge in [-0.2, -0.15) is 0 Å². The summed E-state index contributed by atoms with van der Waals surface area (Å²) >= 11 is 0. The third-order valence-electron chi connectivity index (χ3n) is 6.72. The van der Waals surface area contributed by atoms with E-state index in [-0.39, 0.29) is 28.7 Å². The minimum absolute atomic E-state index is 0.0937. The fourth-order valence-electron chi connectivity index (χ4n) is 4.86. The smallest absolute Gasteiger partial charge is 0.263 e. The Morgan fingerprint density at radius 2 is 1.66 bits per heavy atom. The van der Waals surface area contributed by atoms with Crippen LogP contribution in [0.4, 0.5) is 0 Å². The summed E-state index contributed by atoms with van der Waals surface area (Å²) in [6.07, 6.45) is 3.95. The molecule has 0 spiro atoms. The number of hydrogen-bond donors (Lipinski definition) is 0. The second kappa shape index (κ2) is 10.9. The third kappa shape index (κ3) is 5.97. The van der Waals surface area contributed by atoms with Crippen molar-refractivity contribution in [1.29, 1.82) is 0 Å². The van der Waals surface area contributed by atoms with E-state index in [1.807, 2.05) is 55.5 Å². The molecular formula is C30H34N2O3. The topological polar surface area (TPSA) is 59.4 Å². The summed E-state index contributed by atoms with van der Waals surface area (Å²) in [5, 5.41) is 0. The molecular weight excluding hydrogens is 436 g/mol. The Balaban J connectivity index is 1.39. The maximum absolute atomic E-state index is 13.2. The van der Waals surface area contributed by atoms with Crippen LogP contribution in [0, 0.1) is 18.8 Å². The molecule has 1 aliphatic heterocycles. The molecule has 1 fully saturated rings. The number of ketones is 1. The van der Waals surface area contributed by atoms with E-state index in [2.05, 4.69) is 13.8 Å². The molecule has 1 saturated heterocycles. The van der Waals surface area contributed by atoms with Crippen molar-refractivity contribution in [3.63, 3.8) is 0 Å². The lowest BCUT2D eigenvalue weighted by atomic mass is 9.88. The van der Waals surface area contributed by atoms with Crippen molar-refractivity contribution in [1.82, 2.24) is 9.47 Å². The van der Waals surface area contributed by atoms with E-state index in [1.165, 1.54) is 5.56 Å². The predicted octanol–water partition coefficient (Wildman–Crippen LogP) is 5.14. The summed E-state index contributed by atoms with van der Waals surface area (Å²) in [4.78, 5) is 41.0. The molecule has 2 aromatic carbocycles. The molecule has 0 saturated carbocycles. The van der Waals surface area contributed by atoms with Crippen LogP contribution in [-0.2, 0) is 13.0 Å². The van der Waals surface area contributed by atoms with E-state index in [1.54, 1.807) is 27.8 Å². The number of aromatic nitrogens is 1. The van der Waals surface area contributed by atoms with Crippen molar-refractivity contribution in [3.05, 3.63) is 105 Å². The van der Waals surface area contributed by atoms with Crippen LogP contribution >= 0.6 is 0 Å². The Hall–Kier alpha value is -3.47. The average molecular weight is 471 g/mol. The van der Waals surface area contributed by atoms with E-state index >= 15 is 0 Å². The van der Waals surface area contributed by atoms with Crippen molar-refractivity contribution in [2.24, 2.45) is 11.8 Å². The van der Waals surface area contributed by atoms with Gasteiger partial charge in [0.15, 0.2) is 5.78 Å². The van der Waals surface area contributed by atoms with Gasteiger partial charge in [0.05, 0.1) is 6.54 Å². The quantitative estimate of drug-likeness (QED) is 0.449. The zero-order valence-corrected chi connectivity index (χ0v) is 20.9. The lowest BCUT2D eigenvalue weighted by Crippen LogP contribution is -2.42. The number of carbonyl (C=O) groups excluding carboxylic acids is 2. The highest BCUT2D eigenvalue weighted by Crippen LogP contribution is 2.23. The molecule has 3 aromatic rings. The van der Waals surface area contributed by atoms with Crippen molar-refractivity contribution in [3.8, 4) is 0 Å². The van der Waals surface area contributed by atoms with Gasteiger partial charge in [-0.25, -0.2) is 0 Å². The summed E-state index contributed by atoms with van der Waals surface area (Å²) < 4.78 is 1.58. The van der Waals surface area contributed by atoms with Crippen LogP contribution < -0.4 is 5.56 Å². The lowest BCUT2D eigenvalue weighted by Gasteiger charge is -2.31. The predicted molar refractivity (Wildman–Crippen MR) is 139 cm³/mol. The number of amides is 1. The Kier molecular flexibility index (Phi) is 7.64. The van der Waals surface area contributed by atoms with Crippen molar-refractivity contribution in [2.75, 3.05) is 13.1 Å². The van der Waals surface area contributed by atoms with E-state index < -0.39 is 0 Å². The molecule has 4 rings (SSSR count). The minimum atomic E-state index is -0.279. The number of carbonyl (C=O) groups is 2. The number of piperidine rings is 1. The Morgan fingerprint density at radius 3 is 2.31 bits per heavy atom. The van der Waals surface area contributed by atoms with Crippen LogP contribution in [0.15, 0.2) is 71.7 Å². The zero-order chi connectivity index (χ0) is 24.9. The largest absolute Gasteiger partial charge is 0.338 e. The van der Waals surface area contributed by atoms with E-state index in [9.17, 15) is 14.4 Å². The second-order valence-electron chi connectivity index (χ2n) is 10.1. The molecule has 5 nitrogen and oxygen atoms in total. The highest BCUT2D eigenvalue weighted by Gasteiger charge is 2.29. The van der Waals surface area contributed by atoms with E-state index in [4.69, 9.17) is 0 Å². The van der Waals surface area contributed by atoms with Gasteiger partial charge in [0.25, 0.3) is 11.5 Å². The second-order valence-corrected chi connectivity index (χ2v) is 10.1. The van der Waals surface area contributed by atoms with E-state index in [0.29, 0.717) is 38.4 Å². The van der Waals surface area contributed by atoms with Crippen molar-refractivity contribution in [2.45, 2.75) is 46.6 Å². The molecule has 0 unspecified atom stereocenters. The highest BCUT2D eigenvalue weighted by molar-refractivity contribution is 5.98. The summed E-state index contributed by atoms with van der Waals surface area (Å²) in [5.74, 6) is 0.379. The number of Topliss-reactive ketones (excluding diaryl/α,β-unsaturated/α-hetero) is 1. The average Bonchev–Trinajstić information content (AvgIpc) is 2.85. The standard InChI is InChI=1S/C30H34N2O3/c1-21(2)18-23-9-11-25(12-10-23)28(33)26-13-16-31(17-14-26)29(34)27-8-5-15-32(30(27)35)20-24-7-4-6-22(3)19-24/h4-12,15,19,21,26H,13-14,16-18,20H2,1-3H3. The number of hydrogen-bond acceptors (Lipinski definition) is 3. The minimum Gasteiger partial charge on any atom is -0.338 e. The van der Waals surface area contributed by atoms with Gasteiger partial charge in [-0.05, 0) is 55.4 Å². The zero-order valence-electron chi connectivity index (χ0n) is 20.9. The number of likely N-dealkylation sites (tertiary alicyclic amines) is 1. The van der Waals surface area contributed by atoms with Gasteiger partial charge in [-0.1, -0.05) is 67.9 Å². The molecule has 0 atom stereocenters. The molecule has 0 N–H and O–H groups in total. The van der Waals surface area contributed by atoms with Crippen LogP contribution in [0.3, 0.4) is 0 Å². The normalized spacial score (nSPS) is 14.3. The molecule has 0 bridgehead atoms. The Morgan fingerprint density at radius 1 is 0.943 bits per heavy atom. The van der Waals surface area contributed by atoms with Gasteiger partial charge in [-0.3, -0.25) is 14.4 Å². The van der Waals surface area contributed by atoms with Crippen LogP contribution in [0.1, 0.15) is 64.1 Å². The Bertz CT molecular complexity index is 1250. The summed E-state index contributed by atoms with van der Waals surface area (Å²) in [6.45, 7) is 7.77. The van der Waals surface area contributed by atoms with Gasteiger partial charge < -0.3 is 9.47 Å². The van der Waals surface area contributed by atoms with Crippen molar-refractivity contribution < 1.29 is 9.59 Å². The molecule has 5 heteroatoms. The maximum Gasteiger partial charge on any atom is 0.263 e. The Labute approximate surface area is 207 Å². The molecule has 1 aliphatic rings. The lowest BCUT2D eigenvalue weighted by molar-refractivity contribution is 0.0648. The first-order chi connectivity index (χ1) is 16.8. The fraction of sp³-hybridized carbons (Fsp3) is 0.367. The van der Waals surface area contributed by atoms with Crippen LogP contribution in [0.25, 0.3) is 0 Å². The number of nitrogens with zero attached hydrogens (tertiary/aromatic N) is 2. The number of pyridine rings is 1. The van der Waals surface area contributed by atoms with Gasteiger partial charge in [0.2, 0.25) is 0 Å². The van der Waals surface area contributed by atoms with Gasteiger partial charge in [0.1, 0.15) is 5.56 Å². The van der Waals surface area contributed by atoms with Gasteiger partial charge in [0, 0.05) is 30.8 Å². The summed E-state index contributed by atoms with van der Waals surface area (Å²) in [6, 6.07) is 19.3. The van der Waals surface area contributed by atoms with Gasteiger partial charge >= 0.3 is 0 Å². The molecule has 0 radical (unpaired) electrons. The SMILES string of the molecule is Cc1cccc(Cn2cccc(C(=O)N3CCC(C(=O)c4ccc(CC(C)C)cc4)CC3)c2=O)c1.